The van der Waals surface area contributed by atoms with Crippen molar-refractivity contribution in [2.45, 2.75) is 63.8 Å². The fourth-order valence-electron chi connectivity index (χ4n) is 4.36. The van der Waals surface area contributed by atoms with Gasteiger partial charge in [-0.3, -0.25) is 14.4 Å². The Labute approximate surface area is 210 Å². The predicted octanol–water partition coefficient (Wildman–Crippen LogP) is 2.92. The fourth-order valence-corrected chi connectivity index (χ4v) is 4.52. The van der Waals surface area contributed by atoms with Gasteiger partial charge in [0.2, 0.25) is 17.7 Å². The number of likely N-dealkylation sites (tertiary alicyclic amines) is 1. The fraction of sp³-hybridized carbons (Fsp3) is 0.500. The topological polar surface area (TPSA) is 87.7 Å². The number of carbonyl (C=O) groups excluding carboxylic acids is 3. The van der Waals surface area contributed by atoms with Gasteiger partial charge in [0.15, 0.2) is 0 Å². The van der Waals surface area contributed by atoms with E-state index >= 15 is 0 Å². The molecular formula is C26H31ClFN3O4. The van der Waals surface area contributed by atoms with Gasteiger partial charge in [-0.25, -0.2) is 4.39 Å². The summed E-state index contributed by atoms with van der Waals surface area (Å²) in [5, 5.41) is 5.82. The number of nitrogens with one attached hydrogen (secondary N) is 2. The number of rotatable bonds is 7. The molecule has 0 spiro atoms. The number of benzene rings is 1. The van der Waals surface area contributed by atoms with Gasteiger partial charge in [0, 0.05) is 42.1 Å². The molecule has 1 aromatic carbocycles. The average molecular weight is 504 g/mol. The van der Waals surface area contributed by atoms with Gasteiger partial charge in [-0.1, -0.05) is 23.6 Å². The number of ether oxygens (including phenoxy) is 1. The Morgan fingerprint density at radius 3 is 2.77 bits per heavy atom. The van der Waals surface area contributed by atoms with Gasteiger partial charge >= 0.3 is 0 Å². The number of carbonyl (C=O) groups is 3. The first kappa shape index (κ1) is 26.7. The van der Waals surface area contributed by atoms with Gasteiger partial charge < -0.3 is 20.3 Å². The molecule has 0 aromatic heterocycles. The van der Waals surface area contributed by atoms with Crippen molar-refractivity contribution in [3.05, 3.63) is 40.7 Å². The molecule has 9 heteroatoms. The summed E-state index contributed by atoms with van der Waals surface area (Å²) in [5.41, 5.74) is -0.266. The SMILES string of the molecule is C#CC(CC1CCNC1=O)NC(=O)C1CC(OC(C)(C)C)CN1C(=O)/C=C/c1ccc(Cl)cc1F. The summed E-state index contributed by atoms with van der Waals surface area (Å²) in [6.07, 6.45) is 9.13. The molecule has 0 aliphatic carbocycles. The van der Waals surface area contributed by atoms with Crippen LogP contribution in [-0.2, 0) is 19.1 Å². The molecule has 35 heavy (non-hydrogen) atoms. The first-order chi connectivity index (χ1) is 16.5. The molecule has 2 saturated heterocycles. The molecular weight excluding hydrogens is 473 g/mol. The Balaban J connectivity index is 1.74. The zero-order chi connectivity index (χ0) is 25.8. The molecule has 1 aromatic rings. The van der Waals surface area contributed by atoms with Crippen LogP contribution in [0.2, 0.25) is 5.02 Å². The van der Waals surface area contributed by atoms with Crippen molar-refractivity contribution in [2.24, 2.45) is 5.92 Å². The minimum Gasteiger partial charge on any atom is -0.371 e. The van der Waals surface area contributed by atoms with Gasteiger partial charge in [-0.05, 0) is 51.8 Å². The lowest BCUT2D eigenvalue weighted by Gasteiger charge is -2.25. The zero-order valence-electron chi connectivity index (χ0n) is 20.1. The Hall–Kier alpha value is -2.89. The van der Waals surface area contributed by atoms with E-state index < -0.39 is 35.3 Å². The van der Waals surface area contributed by atoms with Crippen LogP contribution in [0.3, 0.4) is 0 Å². The number of hydrogen-bond donors (Lipinski definition) is 2. The third-order valence-corrected chi connectivity index (χ3v) is 6.17. The van der Waals surface area contributed by atoms with Crippen molar-refractivity contribution in [1.29, 1.82) is 0 Å². The first-order valence-electron chi connectivity index (χ1n) is 11.6. The van der Waals surface area contributed by atoms with E-state index in [1.165, 1.54) is 29.2 Å². The highest BCUT2D eigenvalue weighted by molar-refractivity contribution is 6.30. The van der Waals surface area contributed by atoms with Crippen molar-refractivity contribution in [3.8, 4) is 12.3 Å². The summed E-state index contributed by atoms with van der Waals surface area (Å²) in [7, 11) is 0. The van der Waals surface area contributed by atoms with Crippen molar-refractivity contribution >= 4 is 35.4 Å². The second-order valence-electron chi connectivity index (χ2n) is 9.83. The van der Waals surface area contributed by atoms with Crippen LogP contribution in [0.1, 0.15) is 45.6 Å². The molecule has 3 rings (SSSR count). The van der Waals surface area contributed by atoms with Gasteiger partial charge in [0.25, 0.3) is 0 Å². The molecule has 2 aliphatic heterocycles. The van der Waals surface area contributed by atoms with Crippen molar-refractivity contribution in [2.75, 3.05) is 13.1 Å². The van der Waals surface area contributed by atoms with Crippen LogP contribution in [0.25, 0.3) is 6.08 Å². The minimum absolute atomic E-state index is 0.0737. The van der Waals surface area contributed by atoms with E-state index in [1.54, 1.807) is 0 Å². The van der Waals surface area contributed by atoms with E-state index in [0.29, 0.717) is 25.8 Å². The summed E-state index contributed by atoms with van der Waals surface area (Å²) in [6, 6.07) is 2.70. The second kappa shape index (κ2) is 11.2. The van der Waals surface area contributed by atoms with Crippen molar-refractivity contribution in [1.82, 2.24) is 15.5 Å². The Morgan fingerprint density at radius 2 is 2.17 bits per heavy atom. The summed E-state index contributed by atoms with van der Waals surface area (Å²) < 4.78 is 20.2. The lowest BCUT2D eigenvalue weighted by molar-refractivity contribution is -0.135. The molecule has 0 radical (unpaired) electrons. The second-order valence-corrected chi connectivity index (χ2v) is 10.3. The Kier molecular flexibility index (Phi) is 8.57. The van der Waals surface area contributed by atoms with Crippen molar-refractivity contribution in [3.63, 3.8) is 0 Å². The Bertz CT molecular complexity index is 1050. The third kappa shape index (κ3) is 7.30. The van der Waals surface area contributed by atoms with E-state index in [2.05, 4.69) is 16.6 Å². The number of hydrogen-bond acceptors (Lipinski definition) is 4. The van der Waals surface area contributed by atoms with Gasteiger partial charge in [0.05, 0.1) is 17.7 Å². The molecule has 2 aliphatic rings. The van der Waals surface area contributed by atoms with Crippen LogP contribution < -0.4 is 10.6 Å². The maximum atomic E-state index is 14.1. The molecule has 188 valence electrons. The molecule has 3 amide bonds. The van der Waals surface area contributed by atoms with Crippen LogP contribution in [0, 0.1) is 24.1 Å². The lowest BCUT2D eigenvalue weighted by Crippen LogP contribution is -2.48. The largest absolute Gasteiger partial charge is 0.371 e. The smallest absolute Gasteiger partial charge is 0.247 e. The normalized spacial score (nSPS) is 23.3. The molecule has 4 unspecified atom stereocenters. The molecule has 2 heterocycles. The molecule has 0 saturated carbocycles. The van der Waals surface area contributed by atoms with Gasteiger partial charge in [-0.15, -0.1) is 6.42 Å². The highest BCUT2D eigenvalue weighted by atomic mass is 35.5. The van der Waals surface area contributed by atoms with E-state index in [0.717, 1.165) is 6.07 Å². The third-order valence-electron chi connectivity index (χ3n) is 5.94. The summed E-state index contributed by atoms with van der Waals surface area (Å²) in [5.74, 6) is 0.791. The first-order valence-corrected chi connectivity index (χ1v) is 12.0. The number of amides is 3. The highest BCUT2D eigenvalue weighted by Crippen LogP contribution is 2.26. The van der Waals surface area contributed by atoms with Crippen LogP contribution in [0.5, 0.6) is 0 Å². The van der Waals surface area contributed by atoms with E-state index in [4.69, 9.17) is 22.8 Å². The quantitative estimate of drug-likeness (QED) is 0.442. The standard InChI is InChI=1S/C26H31ClFN3O4/c1-5-19(12-17-10-11-29-24(17)33)30-25(34)22-14-20(35-26(2,3)4)15-31(22)23(32)9-7-16-6-8-18(27)13-21(16)28/h1,6-9,13,17,19-20,22H,10-12,14-15H2,2-4H3,(H,29,33)(H,30,34)/b9-7+. The van der Waals surface area contributed by atoms with Crippen LogP contribution in [0.15, 0.2) is 24.3 Å². The molecule has 0 bridgehead atoms. The van der Waals surface area contributed by atoms with Crippen molar-refractivity contribution < 1.29 is 23.5 Å². The average Bonchev–Trinajstić information content (AvgIpc) is 3.37. The molecule has 4 atom stereocenters. The van der Waals surface area contributed by atoms with Crippen LogP contribution in [0.4, 0.5) is 4.39 Å². The summed E-state index contributed by atoms with van der Waals surface area (Å²) in [4.78, 5) is 39.6. The lowest BCUT2D eigenvalue weighted by atomic mass is 9.98. The summed E-state index contributed by atoms with van der Waals surface area (Å²) in [6.45, 7) is 6.49. The van der Waals surface area contributed by atoms with Crippen LogP contribution in [-0.4, -0.2) is 59.5 Å². The zero-order valence-corrected chi connectivity index (χ0v) is 20.9. The van der Waals surface area contributed by atoms with Gasteiger partial charge in [0.1, 0.15) is 11.9 Å². The molecule has 2 fully saturated rings. The Morgan fingerprint density at radius 1 is 1.43 bits per heavy atom. The van der Waals surface area contributed by atoms with E-state index in [1.807, 2.05) is 20.8 Å². The maximum Gasteiger partial charge on any atom is 0.247 e. The highest BCUT2D eigenvalue weighted by Gasteiger charge is 2.41. The number of halogens is 2. The minimum atomic E-state index is -0.817. The van der Waals surface area contributed by atoms with E-state index in [9.17, 15) is 18.8 Å². The summed E-state index contributed by atoms with van der Waals surface area (Å²) >= 11 is 5.79. The number of terminal acetylenes is 1. The molecule has 7 nitrogen and oxygen atoms in total. The van der Waals surface area contributed by atoms with Gasteiger partial charge in [-0.2, -0.15) is 0 Å². The number of nitrogens with zero attached hydrogens (tertiary/aromatic N) is 1. The van der Waals surface area contributed by atoms with Crippen LogP contribution >= 0.6 is 11.6 Å². The maximum absolute atomic E-state index is 14.1. The monoisotopic (exact) mass is 503 g/mol. The molecule has 2 N–H and O–H groups in total. The van der Waals surface area contributed by atoms with E-state index in [-0.39, 0.29) is 35.1 Å². The predicted molar refractivity (Wildman–Crippen MR) is 132 cm³/mol.